The molecular formula is C14H16Cl2O2. The maximum Gasteiger partial charge on any atom is 0.120 e. The van der Waals surface area contributed by atoms with Crippen LogP contribution in [0.2, 0.25) is 10.0 Å². The number of aldehydes is 1. The Balaban J connectivity index is 2.24. The minimum absolute atomic E-state index is 0.197. The smallest absolute Gasteiger partial charge is 0.120 e. The summed E-state index contributed by atoms with van der Waals surface area (Å²) in [6.45, 7) is 1.54. The first-order chi connectivity index (χ1) is 8.70. The average molecular weight is 287 g/mol. The highest BCUT2D eigenvalue weighted by Crippen LogP contribution is 2.36. The second-order valence-corrected chi connectivity index (χ2v) is 5.53. The van der Waals surface area contributed by atoms with Crippen molar-refractivity contribution in [3.63, 3.8) is 0 Å². The molecule has 1 atom stereocenters. The van der Waals surface area contributed by atoms with Gasteiger partial charge in [-0.2, -0.15) is 0 Å². The van der Waals surface area contributed by atoms with Crippen LogP contribution in [0.4, 0.5) is 0 Å². The summed E-state index contributed by atoms with van der Waals surface area (Å²) in [6.07, 6.45) is 3.47. The number of carbonyl (C=O) groups is 1. The van der Waals surface area contributed by atoms with Crippen LogP contribution < -0.4 is 0 Å². The van der Waals surface area contributed by atoms with E-state index in [1.807, 2.05) is 12.1 Å². The summed E-state index contributed by atoms with van der Waals surface area (Å²) < 4.78 is 5.37. The number of halogens is 2. The summed E-state index contributed by atoms with van der Waals surface area (Å²) in [6, 6.07) is 5.54. The van der Waals surface area contributed by atoms with Crippen LogP contribution in [-0.2, 0) is 9.53 Å². The molecule has 2 nitrogen and oxygen atoms in total. The normalized spacial score (nSPS) is 18.6. The van der Waals surface area contributed by atoms with E-state index in [4.69, 9.17) is 27.9 Å². The van der Waals surface area contributed by atoms with Gasteiger partial charge in [-0.25, -0.2) is 0 Å². The highest BCUT2D eigenvalue weighted by molar-refractivity contribution is 6.34. The lowest BCUT2D eigenvalue weighted by atomic mass is 9.79. The maximum atomic E-state index is 10.9. The van der Waals surface area contributed by atoms with Crippen molar-refractivity contribution in [1.29, 1.82) is 0 Å². The van der Waals surface area contributed by atoms with Crippen LogP contribution in [0.1, 0.15) is 30.7 Å². The van der Waals surface area contributed by atoms with E-state index >= 15 is 0 Å². The highest BCUT2D eigenvalue weighted by Gasteiger charge is 2.25. The Hall–Kier alpha value is -0.570. The van der Waals surface area contributed by atoms with Gasteiger partial charge in [0.25, 0.3) is 0 Å². The number of benzene rings is 1. The lowest BCUT2D eigenvalue weighted by molar-refractivity contribution is -0.108. The third-order valence-corrected chi connectivity index (χ3v) is 3.93. The molecule has 0 unspecified atom stereocenters. The van der Waals surface area contributed by atoms with E-state index in [9.17, 15) is 4.79 Å². The molecule has 0 radical (unpaired) electrons. The Morgan fingerprint density at radius 3 is 2.39 bits per heavy atom. The van der Waals surface area contributed by atoms with E-state index < -0.39 is 0 Å². The molecule has 0 aliphatic carbocycles. The average Bonchev–Trinajstić information content (AvgIpc) is 2.36. The van der Waals surface area contributed by atoms with Crippen LogP contribution in [-0.4, -0.2) is 19.5 Å². The molecule has 0 aromatic heterocycles. The zero-order chi connectivity index (χ0) is 13.0. The van der Waals surface area contributed by atoms with Crippen LogP contribution in [0.15, 0.2) is 18.2 Å². The van der Waals surface area contributed by atoms with Gasteiger partial charge in [-0.15, -0.1) is 0 Å². The first-order valence-electron chi connectivity index (χ1n) is 6.18. The molecule has 1 aliphatic rings. The number of hydrogen-bond donors (Lipinski definition) is 0. The van der Waals surface area contributed by atoms with Gasteiger partial charge in [-0.3, -0.25) is 0 Å². The first kappa shape index (κ1) is 13.9. The fourth-order valence-electron chi connectivity index (χ4n) is 2.61. The third-order valence-electron chi connectivity index (χ3n) is 3.50. The molecule has 4 heteroatoms. The van der Waals surface area contributed by atoms with Crippen molar-refractivity contribution >= 4 is 29.5 Å². The molecule has 1 saturated heterocycles. The molecule has 1 heterocycles. The van der Waals surface area contributed by atoms with Crippen molar-refractivity contribution in [2.24, 2.45) is 5.92 Å². The van der Waals surface area contributed by atoms with Gasteiger partial charge in [0.15, 0.2) is 0 Å². The summed E-state index contributed by atoms with van der Waals surface area (Å²) >= 11 is 12.1. The standard InChI is InChI=1S/C14H16Cl2O2/c15-12-7-11(8-13(16)9-12)14(1-4-17)10-2-5-18-6-3-10/h4,7-10,14H,1-3,5-6H2/t14-/m1/s1. The Bertz CT molecular complexity index is 394. The summed E-state index contributed by atoms with van der Waals surface area (Å²) in [7, 11) is 0. The van der Waals surface area contributed by atoms with Gasteiger partial charge in [-0.05, 0) is 48.4 Å². The molecule has 1 aliphatic heterocycles. The van der Waals surface area contributed by atoms with Gasteiger partial charge in [0.05, 0.1) is 0 Å². The zero-order valence-corrected chi connectivity index (χ0v) is 11.6. The highest BCUT2D eigenvalue weighted by atomic mass is 35.5. The van der Waals surface area contributed by atoms with Crippen molar-refractivity contribution in [3.05, 3.63) is 33.8 Å². The van der Waals surface area contributed by atoms with Crippen LogP contribution in [0, 0.1) is 5.92 Å². The predicted octanol–water partition coefficient (Wildman–Crippen LogP) is 4.09. The minimum Gasteiger partial charge on any atom is -0.381 e. The zero-order valence-electron chi connectivity index (χ0n) is 10.1. The predicted molar refractivity (Wildman–Crippen MR) is 73.4 cm³/mol. The molecule has 0 spiro atoms. The molecule has 0 saturated carbocycles. The Kier molecular flexibility index (Phi) is 5.04. The van der Waals surface area contributed by atoms with Gasteiger partial charge in [0.1, 0.15) is 6.29 Å². The van der Waals surface area contributed by atoms with E-state index in [1.165, 1.54) is 0 Å². The van der Waals surface area contributed by atoms with Gasteiger partial charge in [0.2, 0.25) is 0 Å². The minimum atomic E-state index is 0.197. The summed E-state index contributed by atoms with van der Waals surface area (Å²) in [5.41, 5.74) is 1.06. The molecular weight excluding hydrogens is 271 g/mol. The molecule has 1 fully saturated rings. The Labute approximate surface area is 117 Å². The van der Waals surface area contributed by atoms with Gasteiger partial charge < -0.3 is 9.53 Å². The van der Waals surface area contributed by atoms with Crippen molar-refractivity contribution in [2.75, 3.05) is 13.2 Å². The van der Waals surface area contributed by atoms with E-state index in [1.54, 1.807) is 6.07 Å². The number of rotatable bonds is 4. The van der Waals surface area contributed by atoms with E-state index in [0.717, 1.165) is 37.9 Å². The van der Waals surface area contributed by atoms with Gasteiger partial charge in [0, 0.05) is 29.7 Å². The van der Waals surface area contributed by atoms with Crippen molar-refractivity contribution < 1.29 is 9.53 Å². The number of ether oxygens (including phenoxy) is 1. The molecule has 0 N–H and O–H groups in total. The molecule has 1 aromatic carbocycles. The van der Waals surface area contributed by atoms with Gasteiger partial charge in [-0.1, -0.05) is 23.2 Å². The topological polar surface area (TPSA) is 26.3 Å². The van der Waals surface area contributed by atoms with Crippen molar-refractivity contribution in [3.8, 4) is 0 Å². The molecule has 98 valence electrons. The van der Waals surface area contributed by atoms with Crippen LogP contribution in [0.25, 0.3) is 0 Å². The second kappa shape index (κ2) is 6.55. The fraction of sp³-hybridized carbons (Fsp3) is 0.500. The molecule has 0 bridgehead atoms. The van der Waals surface area contributed by atoms with Crippen LogP contribution in [0.5, 0.6) is 0 Å². The molecule has 1 aromatic rings. The van der Waals surface area contributed by atoms with Crippen LogP contribution in [0.3, 0.4) is 0 Å². The monoisotopic (exact) mass is 286 g/mol. The quantitative estimate of drug-likeness (QED) is 0.779. The molecule has 18 heavy (non-hydrogen) atoms. The Morgan fingerprint density at radius 2 is 1.83 bits per heavy atom. The fourth-order valence-corrected chi connectivity index (χ4v) is 3.15. The number of carbonyl (C=O) groups excluding carboxylic acids is 1. The second-order valence-electron chi connectivity index (χ2n) is 4.66. The summed E-state index contributed by atoms with van der Waals surface area (Å²) in [4.78, 5) is 10.9. The largest absolute Gasteiger partial charge is 0.381 e. The molecule has 2 rings (SSSR count). The lowest BCUT2D eigenvalue weighted by Crippen LogP contribution is -2.22. The van der Waals surface area contributed by atoms with E-state index in [0.29, 0.717) is 22.4 Å². The first-order valence-corrected chi connectivity index (χ1v) is 6.93. The SMILES string of the molecule is O=CC[C@@H](c1cc(Cl)cc(Cl)c1)C1CCOCC1. The lowest BCUT2D eigenvalue weighted by Gasteiger charge is -2.29. The Morgan fingerprint density at radius 1 is 1.22 bits per heavy atom. The van der Waals surface area contributed by atoms with E-state index in [-0.39, 0.29) is 5.92 Å². The van der Waals surface area contributed by atoms with Gasteiger partial charge >= 0.3 is 0 Å². The number of hydrogen-bond acceptors (Lipinski definition) is 2. The van der Waals surface area contributed by atoms with Crippen LogP contribution >= 0.6 is 23.2 Å². The molecule has 0 amide bonds. The van der Waals surface area contributed by atoms with E-state index in [2.05, 4.69) is 0 Å². The van der Waals surface area contributed by atoms with Crippen molar-refractivity contribution in [1.82, 2.24) is 0 Å². The summed E-state index contributed by atoms with van der Waals surface area (Å²) in [5.74, 6) is 0.668. The third kappa shape index (κ3) is 3.47. The van der Waals surface area contributed by atoms with Crippen molar-refractivity contribution in [2.45, 2.75) is 25.2 Å². The summed E-state index contributed by atoms with van der Waals surface area (Å²) in [5, 5.41) is 1.25. The maximum absolute atomic E-state index is 10.9.